The van der Waals surface area contributed by atoms with Crippen molar-refractivity contribution in [2.75, 3.05) is 7.11 Å². The van der Waals surface area contributed by atoms with Gasteiger partial charge < -0.3 is 14.1 Å². The smallest absolute Gasteiger partial charge is 0.259 e. The number of methoxy groups -OCH3 is 1. The molecule has 0 bridgehead atoms. The summed E-state index contributed by atoms with van der Waals surface area (Å²) in [5.74, 6) is 2.90. The van der Waals surface area contributed by atoms with Crippen LogP contribution in [-0.2, 0) is 6.54 Å². The van der Waals surface area contributed by atoms with E-state index in [9.17, 15) is 4.79 Å². The molecule has 0 amide bonds. The first-order chi connectivity index (χ1) is 16.4. The van der Waals surface area contributed by atoms with Gasteiger partial charge in [0.2, 0.25) is 0 Å². The molecule has 34 heavy (non-hydrogen) atoms. The lowest BCUT2D eigenvalue weighted by atomic mass is 10.2. The first-order valence-corrected chi connectivity index (χ1v) is 12.4. The summed E-state index contributed by atoms with van der Waals surface area (Å²) in [6.45, 7) is 6.45. The van der Waals surface area contributed by atoms with Crippen LogP contribution in [0, 0.1) is 13.8 Å². The van der Waals surface area contributed by atoms with Crippen LogP contribution in [0.25, 0.3) is 21.6 Å². The fraction of sp³-hybridized carbons (Fsp3) is 0.250. The van der Waals surface area contributed by atoms with Crippen LogP contribution in [0.3, 0.4) is 0 Å². The fourth-order valence-corrected chi connectivity index (χ4v) is 5.65. The maximum absolute atomic E-state index is 12.8. The third-order valence-electron chi connectivity index (χ3n) is 5.68. The standard InChI is InChI=1S/C24H23N5O3S2/c1-13-14(2)33-23-19(13)22(30)25-20(26-23)15(3)34-24-28-27-21(16-7-9-17(31-4)10-8-16)29(24)12-18-6-5-11-32-18/h5-11,15H,12H2,1-4H3,(H,25,26,30). The molecule has 1 N–H and O–H groups in total. The minimum absolute atomic E-state index is 0.106. The monoisotopic (exact) mass is 493 g/mol. The molecule has 5 rings (SSSR count). The van der Waals surface area contributed by atoms with Crippen molar-refractivity contribution < 1.29 is 9.15 Å². The van der Waals surface area contributed by atoms with Gasteiger partial charge >= 0.3 is 0 Å². The molecule has 174 valence electrons. The van der Waals surface area contributed by atoms with Gasteiger partial charge in [-0.05, 0) is 62.7 Å². The van der Waals surface area contributed by atoms with Crippen LogP contribution in [0.4, 0.5) is 0 Å². The molecule has 1 atom stereocenters. The quantitative estimate of drug-likeness (QED) is 0.305. The third kappa shape index (κ3) is 4.14. The number of H-pyrrole nitrogens is 1. The van der Waals surface area contributed by atoms with Crippen LogP contribution in [0.15, 0.2) is 57.0 Å². The molecule has 0 aliphatic heterocycles. The number of aromatic nitrogens is 5. The predicted molar refractivity (Wildman–Crippen MR) is 134 cm³/mol. The molecule has 0 fully saturated rings. The number of hydrogen-bond donors (Lipinski definition) is 1. The van der Waals surface area contributed by atoms with Crippen molar-refractivity contribution in [1.29, 1.82) is 0 Å². The van der Waals surface area contributed by atoms with E-state index in [1.165, 1.54) is 11.8 Å². The van der Waals surface area contributed by atoms with Gasteiger partial charge in [-0.25, -0.2) is 4.98 Å². The Morgan fingerprint density at radius 2 is 2.00 bits per heavy atom. The number of aromatic amines is 1. The highest BCUT2D eigenvalue weighted by atomic mass is 32.2. The second-order valence-electron chi connectivity index (χ2n) is 7.87. The number of fused-ring (bicyclic) bond motifs is 1. The summed E-state index contributed by atoms with van der Waals surface area (Å²) in [4.78, 5) is 22.3. The summed E-state index contributed by atoms with van der Waals surface area (Å²) in [5, 5.41) is 10.2. The van der Waals surface area contributed by atoms with Gasteiger partial charge in [-0.3, -0.25) is 9.36 Å². The SMILES string of the molecule is COc1ccc(-c2nnc(SC(C)c3nc4sc(C)c(C)c4c(=O)[nH]3)n2Cc2ccco2)cc1. The van der Waals surface area contributed by atoms with E-state index in [1.807, 2.05) is 61.7 Å². The number of thioether (sulfide) groups is 1. The van der Waals surface area contributed by atoms with Crippen molar-refractivity contribution in [2.24, 2.45) is 0 Å². The second kappa shape index (κ2) is 9.11. The Labute approximate surface area is 204 Å². The highest BCUT2D eigenvalue weighted by Gasteiger charge is 2.21. The fourth-order valence-electron chi connectivity index (χ4n) is 3.71. The number of benzene rings is 1. The number of furan rings is 1. The van der Waals surface area contributed by atoms with Crippen LogP contribution >= 0.6 is 23.1 Å². The zero-order valence-electron chi connectivity index (χ0n) is 19.2. The molecule has 0 saturated carbocycles. The number of thiophene rings is 1. The molecule has 1 aromatic carbocycles. The van der Waals surface area contributed by atoms with E-state index in [4.69, 9.17) is 14.1 Å². The molecule has 10 heteroatoms. The average molecular weight is 494 g/mol. The summed E-state index contributed by atoms with van der Waals surface area (Å²) >= 11 is 3.04. The number of rotatable bonds is 7. The van der Waals surface area contributed by atoms with Gasteiger partial charge in [-0.15, -0.1) is 21.5 Å². The number of ether oxygens (including phenoxy) is 1. The minimum atomic E-state index is -0.150. The molecular formula is C24H23N5O3S2. The molecular weight excluding hydrogens is 470 g/mol. The Kier molecular flexibility index (Phi) is 6.01. The van der Waals surface area contributed by atoms with Crippen LogP contribution in [0.5, 0.6) is 5.75 Å². The van der Waals surface area contributed by atoms with Crippen LogP contribution in [0.2, 0.25) is 0 Å². The number of hydrogen-bond acceptors (Lipinski definition) is 8. The molecule has 0 saturated heterocycles. The zero-order valence-corrected chi connectivity index (χ0v) is 20.8. The summed E-state index contributed by atoms with van der Waals surface area (Å²) in [7, 11) is 1.64. The Balaban J connectivity index is 1.51. The highest BCUT2D eigenvalue weighted by Crippen LogP contribution is 2.36. The van der Waals surface area contributed by atoms with Crippen molar-refractivity contribution in [1.82, 2.24) is 24.7 Å². The summed E-state index contributed by atoms with van der Waals surface area (Å²) in [6, 6.07) is 11.5. The van der Waals surface area contributed by atoms with Crippen molar-refractivity contribution in [2.45, 2.75) is 37.7 Å². The van der Waals surface area contributed by atoms with Crippen LogP contribution in [0.1, 0.15) is 34.2 Å². The third-order valence-corrected chi connectivity index (χ3v) is 7.87. The highest BCUT2D eigenvalue weighted by molar-refractivity contribution is 7.99. The molecule has 8 nitrogen and oxygen atoms in total. The lowest BCUT2D eigenvalue weighted by Crippen LogP contribution is -2.13. The molecule has 4 aromatic heterocycles. The zero-order chi connectivity index (χ0) is 23.8. The Morgan fingerprint density at radius 3 is 2.71 bits per heavy atom. The molecule has 0 spiro atoms. The number of nitrogens with one attached hydrogen (secondary N) is 1. The molecule has 0 aliphatic carbocycles. The topological polar surface area (TPSA) is 98.8 Å². The van der Waals surface area contributed by atoms with E-state index in [0.717, 1.165) is 38.2 Å². The number of aryl methyl sites for hydroxylation is 2. The second-order valence-corrected chi connectivity index (χ2v) is 10.4. The number of nitrogens with zero attached hydrogens (tertiary/aromatic N) is 4. The van der Waals surface area contributed by atoms with E-state index < -0.39 is 0 Å². The Bertz CT molecular complexity index is 1500. The predicted octanol–water partition coefficient (Wildman–Crippen LogP) is 5.36. The largest absolute Gasteiger partial charge is 0.497 e. The lowest BCUT2D eigenvalue weighted by molar-refractivity contribution is 0.415. The van der Waals surface area contributed by atoms with Crippen molar-refractivity contribution >= 4 is 33.3 Å². The van der Waals surface area contributed by atoms with Crippen LogP contribution < -0.4 is 10.3 Å². The van der Waals surface area contributed by atoms with Gasteiger partial charge in [0, 0.05) is 10.4 Å². The molecule has 4 heterocycles. The molecule has 0 aliphatic rings. The lowest BCUT2D eigenvalue weighted by Gasteiger charge is -2.13. The summed E-state index contributed by atoms with van der Waals surface area (Å²) in [5.41, 5.74) is 1.80. The summed E-state index contributed by atoms with van der Waals surface area (Å²) in [6.07, 6.45) is 1.65. The normalized spacial score (nSPS) is 12.4. The van der Waals surface area contributed by atoms with Gasteiger partial charge in [0.1, 0.15) is 22.2 Å². The first kappa shape index (κ1) is 22.4. The maximum Gasteiger partial charge on any atom is 0.259 e. The molecule has 1 unspecified atom stereocenters. The van der Waals surface area contributed by atoms with Gasteiger partial charge in [0.15, 0.2) is 11.0 Å². The average Bonchev–Trinajstić information content (AvgIpc) is 3.55. The Morgan fingerprint density at radius 1 is 1.21 bits per heavy atom. The van der Waals surface area contributed by atoms with Crippen molar-refractivity contribution in [3.8, 4) is 17.1 Å². The van der Waals surface area contributed by atoms with Gasteiger partial charge in [0.25, 0.3) is 5.56 Å². The van der Waals surface area contributed by atoms with Gasteiger partial charge in [-0.2, -0.15) is 0 Å². The van der Waals surface area contributed by atoms with Crippen molar-refractivity contribution in [3.63, 3.8) is 0 Å². The summed E-state index contributed by atoms with van der Waals surface area (Å²) < 4.78 is 12.9. The minimum Gasteiger partial charge on any atom is -0.497 e. The van der Waals surface area contributed by atoms with E-state index in [2.05, 4.69) is 15.2 Å². The van der Waals surface area contributed by atoms with Gasteiger partial charge in [-0.1, -0.05) is 11.8 Å². The molecule has 5 aromatic rings. The van der Waals surface area contributed by atoms with Crippen molar-refractivity contribution in [3.05, 3.63) is 75.0 Å². The van der Waals surface area contributed by atoms with Gasteiger partial charge in [0.05, 0.1) is 30.6 Å². The maximum atomic E-state index is 12.8. The Hall–Kier alpha value is -3.37. The van der Waals surface area contributed by atoms with E-state index in [-0.39, 0.29) is 10.8 Å². The van der Waals surface area contributed by atoms with Crippen LogP contribution in [-0.4, -0.2) is 31.8 Å². The van der Waals surface area contributed by atoms with E-state index >= 15 is 0 Å². The van der Waals surface area contributed by atoms with E-state index in [1.54, 1.807) is 24.7 Å². The first-order valence-electron chi connectivity index (χ1n) is 10.7. The molecule has 0 radical (unpaired) electrons. The van der Waals surface area contributed by atoms with E-state index in [0.29, 0.717) is 22.9 Å².